The van der Waals surface area contributed by atoms with Crippen LogP contribution in [0.4, 0.5) is 0 Å². The number of hydrogen-bond acceptors (Lipinski definition) is 8. The van der Waals surface area contributed by atoms with Crippen LogP contribution in [0.5, 0.6) is 0 Å². The van der Waals surface area contributed by atoms with Gasteiger partial charge in [0, 0.05) is 5.75 Å². The molecule has 0 amide bonds. The van der Waals surface area contributed by atoms with E-state index in [-0.39, 0.29) is 0 Å². The molecule has 4 rings (SSSR count). The van der Waals surface area contributed by atoms with E-state index in [1.54, 1.807) is 11.8 Å². The van der Waals surface area contributed by atoms with Crippen molar-refractivity contribution in [2.75, 3.05) is 5.84 Å². The Bertz CT molecular complexity index is 1020. The second kappa shape index (κ2) is 8.94. The topological polar surface area (TPSA) is 95.7 Å². The zero-order valence-electron chi connectivity index (χ0n) is 14.9. The lowest BCUT2D eigenvalue weighted by Crippen LogP contribution is -2.11. The summed E-state index contributed by atoms with van der Waals surface area (Å²) in [5.41, 5.74) is 2.34. The summed E-state index contributed by atoms with van der Waals surface area (Å²) in [6.45, 7) is 0. The molecule has 0 aliphatic carbocycles. The van der Waals surface area contributed by atoms with Gasteiger partial charge < -0.3 is 10.3 Å². The smallest absolute Gasteiger partial charge is 0.226 e. The molecule has 0 bridgehead atoms. The Morgan fingerprint density at radius 2 is 1.29 bits per heavy atom. The van der Waals surface area contributed by atoms with Gasteiger partial charge in [0.15, 0.2) is 0 Å². The number of benzene rings is 2. The molecule has 28 heavy (non-hydrogen) atoms. The van der Waals surface area contributed by atoms with Crippen molar-refractivity contribution in [2.45, 2.75) is 28.2 Å². The molecule has 142 valence electrons. The van der Waals surface area contributed by atoms with Gasteiger partial charge in [0.05, 0.1) is 12.2 Å². The summed E-state index contributed by atoms with van der Waals surface area (Å²) in [7, 11) is 0. The van der Waals surface area contributed by atoms with E-state index in [1.807, 2.05) is 48.5 Å². The Morgan fingerprint density at radius 3 is 1.96 bits per heavy atom. The lowest BCUT2D eigenvalue weighted by Gasteiger charge is -2.02. The molecule has 9 heteroatoms. The van der Waals surface area contributed by atoms with Crippen LogP contribution in [0.3, 0.4) is 0 Å². The van der Waals surface area contributed by atoms with Gasteiger partial charge in [-0.25, -0.2) is 4.68 Å². The van der Waals surface area contributed by atoms with Crippen molar-refractivity contribution >= 4 is 23.5 Å². The fraction of sp³-hybridized carbons (Fsp3) is 0.158. The van der Waals surface area contributed by atoms with Crippen LogP contribution in [-0.4, -0.2) is 25.1 Å². The zero-order chi connectivity index (χ0) is 19.2. The fourth-order valence-corrected chi connectivity index (χ4v) is 4.06. The molecule has 0 saturated heterocycles. The SMILES string of the molecule is Nn1c(SCc2ccccc2)nnc1SCc1nnc(Cc2ccccc2)o1. The van der Waals surface area contributed by atoms with E-state index >= 15 is 0 Å². The van der Waals surface area contributed by atoms with Crippen LogP contribution in [0.2, 0.25) is 0 Å². The second-order valence-electron chi connectivity index (χ2n) is 5.95. The maximum atomic E-state index is 6.12. The quantitative estimate of drug-likeness (QED) is 0.348. The third-order valence-corrected chi connectivity index (χ3v) is 5.82. The monoisotopic (exact) mass is 410 g/mol. The summed E-state index contributed by atoms with van der Waals surface area (Å²) in [6, 6.07) is 20.2. The molecule has 0 fully saturated rings. The molecule has 2 heterocycles. The highest BCUT2D eigenvalue weighted by atomic mass is 32.2. The van der Waals surface area contributed by atoms with Crippen LogP contribution < -0.4 is 5.84 Å². The average Bonchev–Trinajstić information content (AvgIpc) is 3.32. The van der Waals surface area contributed by atoms with Gasteiger partial charge in [-0.3, -0.25) is 0 Å². The molecule has 2 aromatic heterocycles. The van der Waals surface area contributed by atoms with Crippen molar-refractivity contribution in [3.63, 3.8) is 0 Å². The molecule has 0 spiro atoms. The zero-order valence-corrected chi connectivity index (χ0v) is 16.6. The molecule has 0 aliphatic rings. The average molecular weight is 411 g/mol. The van der Waals surface area contributed by atoms with Crippen molar-refractivity contribution < 1.29 is 4.42 Å². The molecular formula is C19H18N6OS2. The Hall–Kier alpha value is -2.78. The lowest BCUT2D eigenvalue weighted by atomic mass is 10.2. The van der Waals surface area contributed by atoms with Crippen LogP contribution in [-0.2, 0) is 17.9 Å². The minimum Gasteiger partial charge on any atom is -0.424 e. The predicted molar refractivity (Wildman–Crippen MR) is 109 cm³/mol. The minimum absolute atomic E-state index is 0.487. The number of nitrogens with two attached hydrogens (primary N) is 1. The van der Waals surface area contributed by atoms with E-state index in [0.717, 1.165) is 11.3 Å². The molecule has 0 unspecified atom stereocenters. The van der Waals surface area contributed by atoms with E-state index in [4.69, 9.17) is 10.3 Å². The number of aromatic nitrogens is 5. The first-order valence-electron chi connectivity index (χ1n) is 8.63. The molecule has 0 saturated carbocycles. The van der Waals surface area contributed by atoms with Crippen molar-refractivity contribution in [3.05, 3.63) is 83.6 Å². The van der Waals surface area contributed by atoms with Gasteiger partial charge >= 0.3 is 0 Å². The maximum Gasteiger partial charge on any atom is 0.226 e. The molecule has 0 radical (unpaired) electrons. The summed E-state index contributed by atoms with van der Waals surface area (Å²) < 4.78 is 7.21. The number of nitrogen functional groups attached to an aromatic ring is 1. The van der Waals surface area contributed by atoms with Crippen molar-refractivity contribution in [1.29, 1.82) is 0 Å². The standard InChI is InChI=1S/C19H18N6OS2/c20-25-18(27-12-15-9-5-2-6-10-15)23-24-19(25)28-13-17-22-21-16(26-17)11-14-7-3-1-4-8-14/h1-10H,11-13,20H2. The van der Waals surface area contributed by atoms with E-state index < -0.39 is 0 Å². The summed E-state index contributed by atoms with van der Waals surface area (Å²) in [4.78, 5) is 0. The maximum absolute atomic E-state index is 6.12. The van der Waals surface area contributed by atoms with Gasteiger partial charge in [0.2, 0.25) is 22.1 Å². The van der Waals surface area contributed by atoms with Crippen LogP contribution in [0.1, 0.15) is 22.9 Å². The van der Waals surface area contributed by atoms with Gasteiger partial charge in [-0.05, 0) is 11.1 Å². The normalized spacial score (nSPS) is 11.0. The fourth-order valence-electron chi connectivity index (χ4n) is 2.50. The van der Waals surface area contributed by atoms with Crippen molar-refractivity contribution in [3.8, 4) is 0 Å². The minimum atomic E-state index is 0.487. The van der Waals surface area contributed by atoms with E-state index in [0.29, 0.717) is 34.3 Å². The molecule has 4 aromatic rings. The summed E-state index contributed by atoms with van der Waals surface area (Å²) in [5.74, 6) is 8.53. The van der Waals surface area contributed by atoms with Gasteiger partial charge in [-0.15, -0.1) is 20.4 Å². The summed E-state index contributed by atoms with van der Waals surface area (Å²) in [5, 5.41) is 17.8. The summed E-state index contributed by atoms with van der Waals surface area (Å²) >= 11 is 2.96. The van der Waals surface area contributed by atoms with Gasteiger partial charge in [-0.1, -0.05) is 84.2 Å². The molecule has 7 nitrogen and oxygen atoms in total. The Labute approximate surface area is 170 Å². The van der Waals surface area contributed by atoms with E-state index in [9.17, 15) is 0 Å². The lowest BCUT2D eigenvalue weighted by molar-refractivity contribution is 0.474. The number of hydrogen-bond donors (Lipinski definition) is 1. The number of nitrogens with zero attached hydrogens (tertiary/aromatic N) is 5. The van der Waals surface area contributed by atoms with Crippen molar-refractivity contribution in [1.82, 2.24) is 25.1 Å². The Morgan fingerprint density at radius 1 is 0.714 bits per heavy atom. The predicted octanol–water partition coefficient (Wildman–Crippen LogP) is 3.55. The molecular weight excluding hydrogens is 392 g/mol. The molecule has 2 N–H and O–H groups in total. The van der Waals surface area contributed by atoms with Gasteiger partial charge in [0.1, 0.15) is 0 Å². The molecule has 0 aliphatic heterocycles. The van der Waals surface area contributed by atoms with Crippen LogP contribution in [0, 0.1) is 0 Å². The molecule has 0 atom stereocenters. The molecule has 2 aromatic carbocycles. The highest BCUT2D eigenvalue weighted by molar-refractivity contribution is 7.99. The number of thioether (sulfide) groups is 2. The first kappa shape index (κ1) is 18.6. The second-order valence-corrected chi connectivity index (χ2v) is 7.84. The first-order valence-corrected chi connectivity index (χ1v) is 10.6. The van der Waals surface area contributed by atoms with Gasteiger partial charge in [-0.2, -0.15) is 0 Å². The van der Waals surface area contributed by atoms with Crippen LogP contribution in [0.15, 0.2) is 75.4 Å². The highest BCUT2D eigenvalue weighted by Crippen LogP contribution is 2.25. The summed E-state index contributed by atoms with van der Waals surface area (Å²) in [6.07, 6.45) is 0.617. The van der Waals surface area contributed by atoms with Crippen LogP contribution >= 0.6 is 23.5 Å². The Balaban J connectivity index is 1.32. The Kier molecular flexibility index (Phi) is 5.93. The highest BCUT2D eigenvalue weighted by Gasteiger charge is 2.13. The first-order chi connectivity index (χ1) is 13.8. The van der Waals surface area contributed by atoms with Crippen LogP contribution in [0.25, 0.3) is 0 Å². The van der Waals surface area contributed by atoms with E-state index in [2.05, 4.69) is 32.5 Å². The van der Waals surface area contributed by atoms with Crippen molar-refractivity contribution in [2.24, 2.45) is 0 Å². The largest absolute Gasteiger partial charge is 0.424 e. The van der Waals surface area contributed by atoms with Gasteiger partial charge in [0.25, 0.3) is 0 Å². The van der Waals surface area contributed by atoms with E-state index in [1.165, 1.54) is 22.0 Å². The number of rotatable bonds is 8. The third kappa shape index (κ3) is 4.73. The third-order valence-electron chi connectivity index (χ3n) is 3.88.